The molecule has 1 N–H and O–H groups in total. The van der Waals surface area contributed by atoms with Gasteiger partial charge < -0.3 is 10.2 Å². The molecule has 17 heavy (non-hydrogen) atoms. The van der Waals surface area contributed by atoms with Crippen molar-refractivity contribution in [2.75, 3.05) is 24.3 Å². The van der Waals surface area contributed by atoms with Crippen LogP contribution in [0.2, 0.25) is 0 Å². The summed E-state index contributed by atoms with van der Waals surface area (Å²) in [4.78, 5) is 2.13. The standard InChI is InChI=1S/C15H26N2/c1-12(2)9-10-13(3)16-14-7-6-8-15(11-14)17(4)5/h6-8,11-13,16H,9-10H2,1-5H3. The first kappa shape index (κ1) is 13.9. The lowest BCUT2D eigenvalue weighted by Gasteiger charge is -2.18. The summed E-state index contributed by atoms with van der Waals surface area (Å²) in [5.41, 5.74) is 2.46. The third-order valence-corrected chi connectivity index (χ3v) is 2.95. The Hall–Kier alpha value is -1.18. The molecular weight excluding hydrogens is 208 g/mol. The fourth-order valence-corrected chi connectivity index (χ4v) is 1.81. The zero-order chi connectivity index (χ0) is 12.8. The van der Waals surface area contributed by atoms with Crippen LogP contribution in [0.25, 0.3) is 0 Å². The Balaban J connectivity index is 2.53. The van der Waals surface area contributed by atoms with Crippen LogP contribution < -0.4 is 10.2 Å². The molecule has 0 radical (unpaired) electrons. The van der Waals surface area contributed by atoms with E-state index in [0.29, 0.717) is 6.04 Å². The van der Waals surface area contributed by atoms with Gasteiger partial charge in [-0.1, -0.05) is 19.9 Å². The molecule has 0 amide bonds. The molecule has 1 aromatic rings. The van der Waals surface area contributed by atoms with Gasteiger partial charge in [0, 0.05) is 31.5 Å². The smallest absolute Gasteiger partial charge is 0.0381 e. The Labute approximate surface area is 106 Å². The Kier molecular flexibility index (Phi) is 5.33. The summed E-state index contributed by atoms with van der Waals surface area (Å²) in [5.74, 6) is 0.785. The van der Waals surface area contributed by atoms with Crippen molar-refractivity contribution in [3.8, 4) is 0 Å². The molecule has 0 fully saturated rings. The quantitative estimate of drug-likeness (QED) is 0.800. The van der Waals surface area contributed by atoms with Gasteiger partial charge in [-0.05, 0) is 43.9 Å². The van der Waals surface area contributed by atoms with Gasteiger partial charge in [0.15, 0.2) is 0 Å². The Morgan fingerprint density at radius 3 is 2.41 bits per heavy atom. The number of hydrogen-bond acceptors (Lipinski definition) is 2. The highest BCUT2D eigenvalue weighted by Crippen LogP contribution is 2.19. The van der Waals surface area contributed by atoms with Crippen LogP contribution in [0.5, 0.6) is 0 Å². The van der Waals surface area contributed by atoms with Crippen molar-refractivity contribution in [2.24, 2.45) is 5.92 Å². The normalized spacial score (nSPS) is 12.6. The number of benzene rings is 1. The lowest BCUT2D eigenvalue weighted by Crippen LogP contribution is -2.16. The molecule has 0 saturated heterocycles. The summed E-state index contributed by atoms with van der Waals surface area (Å²) in [6, 6.07) is 9.11. The second-order valence-electron chi connectivity index (χ2n) is 5.46. The minimum absolute atomic E-state index is 0.537. The van der Waals surface area contributed by atoms with Crippen LogP contribution in [0.15, 0.2) is 24.3 Å². The van der Waals surface area contributed by atoms with E-state index in [4.69, 9.17) is 0 Å². The van der Waals surface area contributed by atoms with Crippen LogP contribution in [0, 0.1) is 5.92 Å². The number of rotatable bonds is 6. The highest BCUT2D eigenvalue weighted by molar-refractivity contribution is 5.57. The highest BCUT2D eigenvalue weighted by atomic mass is 15.1. The van der Waals surface area contributed by atoms with Crippen molar-refractivity contribution < 1.29 is 0 Å². The lowest BCUT2D eigenvalue weighted by molar-refractivity contribution is 0.528. The van der Waals surface area contributed by atoms with Crippen LogP contribution in [0.4, 0.5) is 11.4 Å². The van der Waals surface area contributed by atoms with Crippen molar-refractivity contribution in [3.63, 3.8) is 0 Å². The molecule has 0 aliphatic carbocycles. The first-order valence-electron chi connectivity index (χ1n) is 6.53. The van der Waals surface area contributed by atoms with Gasteiger partial charge in [0.2, 0.25) is 0 Å². The Morgan fingerprint density at radius 1 is 1.12 bits per heavy atom. The second-order valence-corrected chi connectivity index (χ2v) is 5.46. The van der Waals surface area contributed by atoms with Crippen molar-refractivity contribution in [3.05, 3.63) is 24.3 Å². The predicted octanol–water partition coefficient (Wildman–Crippen LogP) is 3.99. The van der Waals surface area contributed by atoms with E-state index >= 15 is 0 Å². The fourth-order valence-electron chi connectivity index (χ4n) is 1.81. The largest absolute Gasteiger partial charge is 0.383 e. The number of hydrogen-bond donors (Lipinski definition) is 1. The lowest BCUT2D eigenvalue weighted by atomic mass is 10.0. The first-order chi connectivity index (χ1) is 7.99. The SMILES string of the molecule is CC(C)CCC(C)Nc1cccc(N(C)C)c1. The molecular formula is C15H26N2. The van der Waals surface area contributed by atoms with Crippen LogP contribution in [-0.4, -0.2) is 20.1 Å². The van der Waals surface area contributed by atoms with Gasteiger partial charge in [-0.2, -0.15) is 0 Å². The van der Waals surface area contributed by atoms with Crippen LogP contribution in [-0.2, 0) is 0 Å². The zero-order valence-corrected chi connectivity index (χ0v) is 11.8. The van der Waals surface area contributed by atoms with Gasteiger partial charge >= 0.3 is 0 Å². The molecule has 1 unspecified atom stereocenters. The summed E-state index contributed by atoms with van der Waals surface area (Å²) in [7, 11) is 4.14. The third-order valence-electron chi connectivity index (χ3n) is 2.95. The predicted molar refractivity (Wildman–Crippen MR) is 77.9 cm³/mol. The van der Waals surface area contributed by atoms with Gasteiger partial charge in [-0.3, -0.25) is 0 Å². The second kappa shape index (κ2) is 6.53. The summed E-state index contributed by atoms with van der Waals surface area (Å²) < 4.78 is 0. The topological polar surface area (TPSA) is 15.3 Å². The number of anilines is 2. The minimum Gasteiger partial charge on any atom is -0.383 e. The maximum Gasteiger partial charge on any atom is 0.0381 e. The molecule has 1 rings (SSSR count). The van der Waals surface area contributed by atoms with E-state index in [0.717, 1.165) is 5.92 Å². The monoisotopic (exact) mass is 234 g/mol. The summed E-state index contributed by atoms with van der Waals surface area (Å²) in [6.07, 6.45) is 2.51. The average Bonchev–Trinajstić information content (AvgIpc) is 2.26. The molecule has 0 aliphatic heterocycles. The van der Waals surface area contributed by atoms with E-state index < -0.39 is 0 Å². The highest BCUT2D eigenvalue weighted by Gasteiger charge is 2.04. The van der Waals surface area contributed by atoms with Crippen LogP contribution in [0.3, 0.4) is 0 Å². The molecule has 0 bridgehead atoms. The van der Waals surface area contributed by atoms with E-state index in [1.54, 1.807) is 0 Å². The molecule has 0 aliphatic rings. The van der Waals surface area contributed by atoms with E-state index in [2.05, 4.69) is 69.3 Å². The Morgan fingerprint density at radius 2 is 1.82 bits per heavy atom. The van der Waals surface area contributed by atoms with Gasteiger partial charge in [-0.15, -0.1) is 0 Å². The maximum atomic E-state index is 3.57. The molecule has 0 saturated carbocycles. The Bertz CT molecular complexity index is 331. The van der Waals surface area contributed by atoms with E-state index in [1.165, 1.54) is 24.2 Å². The molecule has 96 valence electrons. The molecule has 2 nitrogen and oxygen atoms in total. The molecule has 1 atom stereocenters. The van der Waals surface area contributed by atoms with Crippen LogP contribution >= 0.6 is 0 Å². The molecule has 0 spiro atoms. The van der Waals surface area contributed by atoms with E-state index in [1.807, 2.05) is 0 Å². The number of nitrogens with one attached hydrogen (secondary N) is 1. The van der Waals surface area contributed by atoms with Gasteiger partial charge in [0.1, 0.15) is 0 Å². The van der Waals surface area contributed by atoms with Gasteiger partial charge in [0.25, 0.3) is 0 Å². The average molecular weight is 234 g/mol. The minimum atomic E-state index is 0.537. The fraction of sp³-hybridized carbons (Fsp3) is 0.600. The van der Waals surface area contributed by atoms with Crippen molar-refractivity contribution in [2.45, 2.75) is 39.7 Å². The van der Waals surface area contributed by atoms with Crippen molar-refractivity contribution in [1.82, 2.24) is 0 Å². The number of nitrogens with zero attached hydrogens (tertiary/aromatic N) is 1. The molecule has 1 aromatic carbocycles. The van der Waals surface area contributed by atoms with E-state index in [9.17, 15) is 0 Å². The van der Waals surface area contributed by atoms with Gasteiger partial charge in [-0.25, -0.2) is 0 Å². The van der Waals surface area contributed by atoms with Gasteiger partial charge in [0.05, 0.1) is 0 Å². The zero-order valence-electron chi connectivity index (χ0n) is 11.8. The van der Waals surface area contributed by atoms with Crippen molar-refractivity contribution in [1.29, 1.82) is 0 Å². The first-order valence-corrected chi connectivity index (χ1v) is 6.53. The molecule has 2 heteroatoms. The van der Waals surface area contributed by atoms with Crippen LogP contribution in [0.1, 0.15) is 33.6 Å². The summed E-state index contributed by atoms with van der Waals surface area (Å²) >= 11 is 0. The summed E-state index contributed by atoms with van der Waals surface area (Å²) in [6.45, 7) is 6.81. The third kappa shape index (κ3) is 5.12. The molecule has 0 heterocycles. The maximum absolute atomic E-state index is 3.57. The molecule has 0 aromatic heterocycles. The van der Waals surface area contributed by atoms with Crippen molar-refractivity contribution >= 4 is 11.4 Å². The summed E-state index contributed by atoms with van der Waals surface area (Å²) in [5, 5.41) is 3.57. The van der Waals surface area contributed by atoms with E-state index in [-0.39, 0.29) is 0 Å².